The standard InChI is InChI=1S/C23H21N5O4S/c1-14-18(15(2)32-27-14)13-33-20-11-7-6-10-17(20)22(30)24-25-23(31)21-19(29)12-28(26-21)16-8-4-3-5-9-16/h3-12,29H,13H2,1-2H3,(H,24,30)(H,25,31). The zero-order valence-corrected chi connectivity index (χ0v) is 18.7. The van der Waals surface area contributed by atoms with Crippen molar-refractivity contribution < 1.29 is 19.2 Å². The molecular formula is C23H21N5O4S. The Balaban J connectivity index is 1.42. The molecule has 2 amide bonds. The third-order valence-corrected chi connectivity index (χ3v) is 6.01. The SMILES string of the molecule is Cc1noc(C)c1CSc1ccccc1C(=O)NNC(=O)c1nn(-c2ccccc2)cc1O. The quantitative estimate of drug-likeness (QED) is 0.295. The van der Waals surface area contributed by atoms with Crippen LogP contribution in [0.15, 0.2) is 70.2 Å². The Morgan fingerprint density at radius 2 is 1.73 bits per heavy atom. The summed E-state index contributed by atoms with van der Waals surface area (Å²) in [6, 6.07) is 16.1. The fourth-order valence-electron chi connectivity index (χ4n) is 3.12. The van der Waals surface area contributed by atoms with Crippen LogP contribution in [0.5, 0.6) is 5.75 Å². The zero-order valence-electron chi connectivity index (χ0n) is 17.9. The van der Waals surface area contributed by atoms with Crippen molar-refractivity contribution in [3.8, 4) is 11.4 Å². The van der Waals surface area contributed by atoms with Crippen LogP contribution in [0.2, 0.25) is 0 Å². The van der Waals surface area contributed by atoms with Crippen LogP contribution in [0.3, 0.4) is 0 Å². The van der Waals surface area contributed by atoms with E-state index in [1.165, 1.54) is 22.6 Å². The maximum atomic E-state index is 12.7. The summed E-state index contributed by atoms with van der Waals surface area (Å²) in [6.07, 6.45) is 1.33. The van der Waals surface area contributed by atoms with Crippen LogP contribution in [0.25, 0.3) is 5.69 Å². The summed E-state index contributed by atoms with van der Waals surface area (Å²) in [4.78, 5) is 26.0. The van der Waals surface area contributed by atoms with Crippen molar-refractivity contribution in [2.75, 3.05) is 0 Å². The largest absolute Gasteiger partial charge is 0.504 e. The van der Waals surface area contributed by atoms with Gasteiger partial charge in [-0.3, -0.25) is 20.4 Å². The lowest BCUT2D eigenvalue weighted by molar-refractivity contribution is 0.0840. The van der Waals surface area contributed by atoms with Gasteiger partial charge < -0.3 is 9.63 Å². The molecule has 0 saturated carbocycles. The number of hydrogen-bond acceptors (Lipinski definition) is 7. The normalized spacial score (nSPS) is 10.7. The minimum absolute atomic E-state index is 0.208. The first-order valence-electron chi connectivity index (χ1n) is 10.0. The lowest BCUT2D eigenvalue weighted by atomic mass is 10.2. The second-order valence-corrected chi connectivity index (χ2v) is 8.16. The van der Waals surface area contributed by atoms with Gasteiger partial charge >= 0.3 is 0 Å². The molecule has 10 heteroatoms. The Labute approximate surface area is 193 Å². The molecule has 0 unspecified atom stereocenters. The molecule has 4 rings (SSSR count). The average molecular weight is 464 g/mol. The first-order chi connectivity index (χ1) is 15.9. The molecular weight excluding hydrogens is 442 g/mol. The van der Waals surface area contributed by atoms with Crippen molar-refractivity contribution in [3.05, 3.63) is 89.1 Å². The van der Waals surface area contributed by atoms with Crippen LogP contribution >= 0.6 is 11.8 Å². The molecule has 0 bridgehead atoms. The molecule has 33 heavy (non-hydrogen) atoms. The molecule has 0 radical (unpaired) electrons. The molecule has 0 aliphatic rings. The Bertz CT molecular complexity index is 1280. The summed E-state index contributed by atoms with van der Waals surface area (Å²) in [6.45, 7) is 3.72. The first-order valence-corrected chi connectivity index (χ1v) is 11.0. The van der Waals surface area contributed by atoms with E-state index in [4.69, 9.17) is 4.52 Å². The number of nitrogens with zero attached hydrogens (tertiary/aromatic N) is 3. The number of aryl methyl sites for hydroxylation is 2. The highest BCUT2D eigenvalue weighted by molar-refractivity contribution is 7.98. The highest BCUT2D eigenvalue weighted by Gasteiger charge is 2.19. The minimum Gasteiger partial charge on any atom is -0.504 e. The lowest BCUT2D eigenvalue weighted by Crippen LogP contribution is -2.42. The van der Waals surface area contributed by atoms with Gasteiger partial charge in [0.25, 0.3) is 11.8 Å². The van der Waals surface area contributed by atoms with Crippen LogP contribution in [0.4, 0.5) is 0 Å². The third kappa shape index (κ3) is 4.90. The molecule has 2 heterocycles. The van der Waals surface area contributed by atoms with Gasteiger partial charge in [-0.05, 0) is 38.1 Å². The molecule has 0 saturated heterocycles. The maximum Gasteiger partial charge on any atom is 0.294 e. The number of nitrogens with one attached hydrogen (secondary N) is 2. The van der Waals surface area contributed by atoms with Crippen molar-refractivity contribution in [1.29, 1.82) is 0 Å². The Kier molecular flexibility index (Phi) is 6.45. The summed E-state index contributed by atoms with van der Waals surface area (Å²) >= 11 is 1.47. The monoisotopic (exact) mass is 463 g/mol. The van der Waals surface area contributed by atoms with E-state index in [2.05, 4.69) is 21.1 Å². The van der Waals surface area contributed by atoms with Crippen molar-refractivity contribution >= 4 is 23.6 Å². The number of carbonyl (C=O) groups is 2. The van der Waals surface area contributed by atoms with E-state index in [0.717, 1.165) is 21.9 Å². The summed E-state index contributed by atoms with van der Waals surface area (Å²) < 4.78 is 6.57. The number of para-hydroxylation sites is 1. The lowest BCUT2D eigenvalue weighted by Gasteiger charge is -2.10. The Morgan fingerprint density at radius 1 is 1.03 bits per heavy atom. The predicted octanol–water partition coefficient (Wildman–Crippen LogP) is 3.55. The molecule has 0 aliphatic carbocycles. The average Bonchev–Trinajstić information content (AvgIpc) is 3.38. The van der Waals surface area contributed by atoms with Crippen LogP contribution < -0.4 is 10.9 Å². The van der Waals surface area contributed by atoms with Crippen LogP contribution in [0.1, 0.15) is 37.9 Å². The van der Waals surface area contributed by atoms with Gasteiger partial charge in [-0.2, -0.15) is 5.10 Å². The molecule has 2 aromatic carbocycles. The number of hydrogen-bond donors (Lipinski definition) is 3. The second kappa shape index (κ2) is 9.61. The van der Waals surface area contributed by atoms with Crippen LogP contribution in [-0.2, 0) is 5.75 Å². The molecule has 0 atom stereocenters. The van der Waals surface area contributed by atoms with Crippen molar-refractivity contribution in [3.63, 3.8) is 0 Å². The van der Waals surface area contributed by atoms with Crippen molar-refractivity contribution in [1.82, 2.24) is 25.8 Å². The molecule has 4 aromatic rings. The molecule has 2 aromatic heterocycles. The predicted molar refractivity (Wildman–Crippen MR) is 122 cm³/mol. The number of hydrazine groups is 1. The summed E-state index contributed by atoms with van der Waals surface area (Å²) in [7, 11) is 0. The smallest absolute Gasteiger partial charge is 0.294 e. The molecule has 0 aliphatic heterocycles. The van der Waals surface area contributed by atoms with E-state index >= 15 is 0 Å². The van der Waals surface area contributed by atoms with Gasteiger partial charge in [0.2, 0.25) is 0 Å². The van der Waals surface area contributed by atoms with Gasteiger partial charge in [0.15, 0.2) is 11.4 Å². The van der Waals surface area contributed by atoms with Gasteiger partial charge in [-0.1, -0.05) is 35.5 Å². The highest BCUT2D eigenvalue weighted by atomic mass is 32.2. The maximum absolute atomic E-state index is 12.7. The number of benzene rings is 2. The fourth-order valence-corrected chi connectivity index (χ4v) is 4.32. The van der Waals surface area contributed by atoms with Crippen LogP contribution in [0, 0.1) is 13.8 Å². The van der Waals surface area contributed by atoms with Gasteiger partial charge in [-0.25, -0.2) is 4.68 Å². The number of aromatic hydroxyl groups is 1. The molecule has 0 fully saturated rings. The molecule has 0 spiro atoms. The van der Waals surface area contributed by atoms with Crippen LogP contribution in [-0.4, -0.2) is 31.9 Å². The number of aromatic nitrogens is 3. The number of thioether (sulfide) groups is 1. The fraction of sp³-hybridized carbons (Fsp3) is 0.130. The first kappa shape index (κ1) is 22.2. The van der Waals surface area contributed by atoms with Gasteiger partial charge in [-0.15, -0.1) is 11.8 Å². The number of carbonyl (C=O) groups excluding carboxylic acids is 2. The molecule has 168 valence electrons. The third-order valence-electron chi connectivity index (χ3n) is 4.91. The topological polar surface area (TPSA) is 122 Å². The second-order valence-electron chi connectivity index (χ2n) is 7.14. The van der Waals surface area contributed by atoms with Gasteiger partial charge in [0, 0.05) is 16.2 Å². The Hall–Kier alpha value is -4.05. The highest BCUT2D eigenvalue weighted by Crippen LogP contribution is 2.28. The zero-order chi connectivity index (χ0) is 23.4. The van der Waals surface area contributed by atoms with Crippen molar-refractivity contribution in [2.45, 2.75) is 24.5 Å². The molecule has 9 nitrogen and oxygen atoms in total. The minimum atomic E-state index is -0.739. The molecule has 3 N–H and O–H groups in total. The van der Waals surface area contributed by atoms with E-state index in [0.29, 0.717) is 17.0 Å². The van der Waals surface area contributed by atoms with E-state index < -0.39 is 11.8 Å². The van der Waals surface area contributed by atoms with E-state index in [9.17, 15) is 14.7 Å². The number of amides is 2. The number of rotatable bonds is 6. The van der Waals surface area contributed by atoms with Crippen molar-refractivity contribution in [2.24, 2.45) is 0 Å². The van der Waals surface area contributed by atoms with Gasteiger partial charge in [0.05, 0.1) is 23.1 Å². The summed E-state index contributed by atoms with van der Waals surface area (Å²) in [5.74, 6) is -0.212. The summed E-state index contributed by atoms with van der Waals surface area (Å²) in [5.41, 5.74) is 7.35. The van der Waals surface area contributed by atoms with E-state index in [1.54, 1.807) is 24.3 Å². The Morgan fingerprint density at radius 3 is 2.45 bits per heavy atom. The van der Waals surface area contributed by atoms with Gasteiger partial charge in [0.1, 0.15) is 5.76 Å². The van der Waals surface area contributed by atoms with E-state index in [-0.39, 0.29) is 11.4 Å². The summed E-state index contributed by atoms with van der Waals surface area (Å²) in [5, 5.41) is 18.2. The van der Waals surface area contributed by atoms with E-state index in [1.807, 2.05) is 44.2 Å².